The van der Waals surface area contributed by atoms with Crippen molar-refractivity contribution in [2.75, 3.05) is 5.32 Å². The maximum atomic E-state index is 12.6. The van der Waals surface area contributed by atoms with Crippen molar-refractivity contribution in [3.63, 3.8) is 0 Å². The number of hydrogen-bond donors (Lipinski definition) is 4. The summed E-state index contributed by atoms with van der Waals surface area (Å²) >= 11 is 5.94. The van der Waals surface area contributed by atoms with Gasteiger partial charge in [-0.15, -0.1) is 0 Å². The summed E-state index contributed by atoms with van der Waals surface area (Å²) in [5, 5.41) is 25.0. The van der Waals surface area contributed by atoms with Gasteiger partial charge in [0.05, 0.1) is 12.5 Å². The number of amides is 2. The summed E-state index contributed by atoms with van der Waals surface area (Å²) in [4.78, 5) is 36.3. The van der Waals surface area contributed by atoms with Crippen LogP contribution >= 0.6 is 11.6 Å². The fourth-order valence-corrected chi connectivity index (χ4v) is 3.44. The Balaban J connectivity index is 0.00000289. The molecule has 0 saturated heterocycles. The Kier molecular flexibility index (Phi) is 9.13. The number of nitrogens with one attached hydrogen (secondary N) is 2. The summed E-state index contributed by atoms with van der Waals surface area (Å²) in [6, 6.07) is 12.6. The van der Waals surface area contributed by atoms with Gasteiger partial charge in [-0.25, -0.2) is 4.79 Å². The van der Waals surface area contributed by atoms with Crippen LogP contribution in [0.2, 0.25) is 5.02 Å². The van der Waals surface area contributed by atoms with Gasteiger partial charge in [0.2, 0.25) is 0 Å². The number of anilines is 1. The van der Waals surface area contributed by atoms with Crippen LogP contribution in [0, 0.1) is 6.92 Å². The third kappa shape index (κ3) is 6.61. The Morgan fingerprint density at radius 3 is 2.45 bits per heavy atom. The number of aliphatic carboxylic acids is 1. The van der Waals surface area contributed by atoms with Gasteiger partial charge in [0.1, 0.15) is 5.75 Å². The number of aromatic hydroxyl groups is 1. The fourth-order valence-electron chi connectivity index (χ4n) is 3.31. The summed E-state index contributed by atoms with van der Waals surface area (Å²) in [6.07, 6.45) is 1.06. The number of hydrogen-bond acceptors (Lipinski definition) is 4. The molecule has 2 aromatic carbocycles. The topological polar surface area (TPSA) is 121 Å². The number of nitrogens with zero attached hydrogens (tertiary/aromatic N) is 1. The molecule has 3 aromatic rings. The molecule has 0 aliphatic rings. The second-order valence-electron chi connectivity index (χ2n) is 7.33. The van der Waals surface area contributed by atoms with Crippen molar-refractivity contribution in [1.29, 1.82) is 0 Å². The number of pyridine rings is 1. The van der Waals surface area contributed by atoms with Crippen LogP contribution in [0.4, 0.5) is 10.5 Å². The van der Waals surface area contributed by atoms with Crippen molar-refractivity contribution >= 4 is 29.3 Å². The van der Waals surface area contributed by atoms with E-state index in [-0.39, 0.29) is 48.8 Å². The summed E-state index contributed by atoms with van der Waals surface area (Å²) in [6.45, 7) is 1.59. The number of aryl methyl sites for hydroxylation is 2. The SMILES string of the molecule is Cc1cn(C)c(=O)c(NC(=O)NC(CC(=O)O)c2cccc(-c3ccc(Cl)cc3)c2)c1O.[H-].[Na+]. The number of carbonyl (C=O) groups excluding carboxylic acids is 1. The van der Waals surface area contributed by atoms with Gasteiger partial charge < -0.3 is 26.8 Å². The first kappa shape index (κ1) is 26.5. The Bertz CT molecular complexity index is 1230. The molecule has 1 aromatic heterocycles. The zero-order valence-electron chi connectivity index (χ0n) is 19.4. The van der Waals surface area contributed by atoms with Crippen LogP contribution in [-0.4, -0.2) is 26.8 Å². The van der Waals surface area contributed by atoms with Crippen LogP contribution in [0.15, 0.2) is 59.5 Å². The van der Waals surface area contributed by atoms with Gasteiger partial charge in [0.15, 0.2) is 5.69 Å². The van der Waals surface area contributed by atoms with Crippen molar-refractivity contribution in [3.05, 3.63) is 81.2 Å². The van der Waals surface area contributed by atoms with E-state index in [0.717, 1.165) is 11.1 Å². The van der Waals surface area contributed by atoms with Gasteiger partial charge in [-0.1, -0.05) is 41.9 Å². The minimum Gasteiger partial charge on any atom is -1.00 e. The number of urea groups is 1. The van der Waals surface area contributed by atoms with Crippen molar-refractivity contribution < 1.29 is 50.8 Å². The summed E-state index contributed by atoms with van der Waals surface area (Å²) < 4.78 is 1.23. The molecule has 0 aliphatic heterocycles. The molecule has 33 heavy (non-hydrogen) atoms. The Morgan fingerprint density at radius 2 is 1.82 bits per heavy atom. The molecule has 4 N–H and O–H groups in total. The molecule has 0 fully saturated rings. The second kappa shape index (κ2) is 11.4. The van der Waals surface area contributed by atoms with Gasteiger partial charge in [0.25, 0.3) is 5.56 Å². The second-order valence-corrected chi connectivity index (χ2v) is 7.77. The average molecular weight is 480 g/mol. The first-order valence-electron chi connectivity index (χ1n) is 9.70. The molecule has 8 nitrogen and oxygen atoms in total. The van der Waals surface area contributed by atoms with E-state index in [0.29, 0.717) is 16.1 Å². The number of carboxylic acids is 1. The van der Waals surface area contributed by atoms with Gasteiger partial charge in [-0.3, -0.25) is 9.59 Å². The summed E-state index contributed by atoms with van der Waals surface area (Å²) in [7, 11) is 1.49. The molecular formula is C23H23ClN3NaO5. The Hall–Kier alpha value is -2.78. The quantitative estimate of drug-likeness (QED) is 0.396. The predicted molar refractivity (Wildman–Crippen MR) is 123 cm³/mol. The minimum absolute atomic E-state index is 0. The molecule has 0 saturated carbocycles. The number of carboxylic acid groups (broad SMARTS) is 1. The van der Waals surface area contributed by atoms with Crippen LogP contribution in [0.25, 0.3) is 11.1 Å². The van der Waals surface area contributed by atoms with Crippen molar-refractivity contribution in [3.8, 4) is 16.9 Å². The zero-order valence-corrected chi connectivity index (χ0v) is 21.2. The number of halogens is 1. The van der Waals surface area contributed by atoms with E-state index in [1.807, 2.05) is 18.2 Å². The molecule has 2 amide bonds. The number of aromatic nitrogens is 1. The number of carbonyl (C=O) groups is 2. The molecule has 0 bridgehead atoms. The van der Waals surface area contributed by atoms with Crippen LogP contribution < -0.4 is 45.8 Å². The third-order valence-electron chi connectivity index (χ3n) is 4.92. The van der Waals surface area contributed by atoms with E-state index in [9.17, 15) is 24.6 Å². The molecule has 0 radical (unpaired) electrons. The fraction of sp³-hybridized carbons (Fsp3) is 0.174. The van der Waals surface area contributed by atoms with Crippen LogP contribution in [0.3, 0.4) is 0 Å². The first-order chi connectivity index (χ1) is 15.2. The monoisotopic (exact) mass is 479 g/mol. The minimum atomic E-state index is -1.11. The van der Waals surface area contributed by atoms with Gasteiger partial charge in [-0.05, 0) is 41.8 Å². The molecule has 10 heteroatoms. The molecule has 0 spiro atoms. The van der Waals surface area contributed by atoms with Crippen LogP contribution in [0.5, 0.6) is 5.75 Å². The largest absolute Gasteiger partial charge is 1.00 e. The average Bonchev–Trinajstić information content (AvgIpc) is 2.75. The molecule has 0 aliphatic carbocycles. The number of benzene rings is 2. The van der Waals surface area contributed by atoms with E-state index >= 15 is 0 Å². The molecule has 168 valence electrons. The van der Waals surface area contributed by atoms with Gasteiger partial charge in [0, 0.05) is 23.8 Å². The van der Waals surface area contributed by atoms with E-state index in [1.54, 1.807) is 37.3 Å². The molecule has 1 atom stereocenters. The molecular weight excluding hydrogens is 457 g/mol. The van der Waals surface area contributed by atoms with Crippen LogP contribution in [-0.2, 0) is 11.8 Å². The summed E-state index contributed by atoms with van der Waals surface area (Å²) in [5.41, 5.74) is 1.79. The normalized spacial score (nSPS) is 11.2. The van der Waals surface area contributed by atoms with Crippen molar-refractivity contribution in [1.82, 2.24) is 9.88 Å². The van der Waals surface area contributed by atoms with Crippen molar-refractivity contribution in [2.45, 2.75) is 19.4 Å². The van der Waals surface area contributed by atoms with Crippen LogP contribution in [0.1, 0.15) is 25.0 Å². The van der Waals surface area contributed by atoms with E-state index < -0.39 is 23.6 Å². The third-order valence-corrected chi connectivity index (χ3v) is 5.17. The van der Waals surface area contributed by atoms with Crippen molar-refractivity contribution in [2.24, 2.45) is 7.05 Å². The molecule has 1 heterocycles. The van der Waals surface area contributed by atoms with E-state index in [2.05, 4.69) is 10.6 Å². The predicted octanol–water partition coefficient (Wildman–Crippen LogP) is 1.17. The smallest absolute Gasteiger partial charge is 1.00 e. The number of rotatable bonds is 6. The Labute approximate surface area is 219 Å². The standard InChI is InChI=1S/C23H22ClN3O5.Na.H/c1-13-12-27(2)22(31)20(21(13)30)26-23(32)25-18(11-19(28)29)16-5-3-4-15(10-16)14-6-8-17(24)9-7-14;;/h3-10,12,18,30H,11H2,1-2H3,(H,28,29)(H2,25,26,32);;/q;+1;-1. The maximum Gasteiger partial charge on any atom is 1.00 e. The maximum absolute atomic E-state index is 12.6. The van der Waals surface area contributed by atoms with E-state index in [4.69, 9.17) is 11.6 Å². The molecule has 3 rings (SSSR count). The summed E-state index contributed by atoms with van der Waals surface area (Å²) in [5.74, 6) is -1.45. The molecule has 1 unspecified atom stereocenters. The van der Waals surface area contributed by atoms with Gasteiger partial charge in [-0.2, -0.15) is 0 Å². The Morgan fingerprint density at radius 1 is 1.15 bits per heavy atom. The van der Waals surface area contributed by atoms with Gasteiger partial charge >= 0.3 is 41.6 Å². The van der Waals surface area contributed by atoms with E-state index in [1.165, 1.54) is 17.8 Å². The first-order valence-corrected chi connectivity index (χ1v) is 10.1. The zero-order chi connectivity index (χ0) is 23.4.